The molecule has 1 unspecified atom stereocenters. The van der Waals surface area contributed by atoms with Crippen molar-refractivity contribution in [2.45, 2.75) is 32.7 Å². The van der Waals surface area contributed by atoms with Crippen molar-refractivity contribution in [3.05, 3.63) is 29.3 Å². The maximum Gasteiger partial charge on any atom is 0.326 e. The summed E-state index contributed by atoms with van der Waals surface area (Å²) in [6, 6.07) is 4.91. The van der Waals surface area contributed by atoms with E-state index in [0.29, 0.717) is 0 Å². The first-order chi connectivity index (χ1) is 10.4. The quantitative estimate of drug-likeness (QED) is 0.725. The Labute approximate surface area is 130 Å². The molecule has 0 radical (unpaired) electrons. The third-order valence-corrected chi connectivity index (χ3v) is 3.17. The average molecular weight is 309 g/mol. The molecule has 0 aliphatic rings. The molecule has 1 rings (SSSR count). The van der Waals surface area contributed by atoms with Crippen molar-refractivity contribution in [2.75, 3.05) is 20.3 Å². The smallest absolute Gasteiger partial charge is 0.326 e. The van der Waals surface area contributed by atoms with Crippen LogP contribution in [0.4, 0.5) is 0 Å². The Morgan fingerprint density at radius 2 is 2.00 bits per heavy atom. The number of aliphatic carboxylic acids is 1. The van der Waals surface area contributed by atoms with Gasteiger partial charge in [0, 0.05) is 20.1 Å². The van der Waals surface area contributed by atoms with Gasteiger partial charge in [-0.05, 0) is 31.0 Å². The van der Waals surface area contributed by atoms with Crippen molar-refractivity contribution in [1.82, 2.24) is 5.32 Å². The van der Waals surface area contributed by atoms with Gasteiger partial charge in [0.1, 0.15) is 11.8 Å². The largest absolute Gasteiger partial charge is 0.493 e. The number of benzene rings is 1. The maximum atomic E-state index is 11.8. The summed E-state index contributed by atoms with van der Waals surface area (Å²) >= 11 is 0. The van der Waals surface area contributed by atoms with E-state index in [4.69, 9.17) is 14.6 Å². The Kier molecular flexibility index (Phi) is 7.39. The molecule has 1 amide bonds. The molecule has 1 aromatic rings. The zero-order valence-electron chi connectivity index (χ0n) is 13.2. The number of amides is 1. The molecule has 0 saturated heterocycles. The van der Waals surface area contributed by atoms with E-state index in [2.05, 4.69) is 5.32 Å². The molecule has 0 heterocycles. The van der Waals surface area contributed by atoms with Gasteiger partial charge >= 0.3 is 5.97 Å². The zero-order valence-corrected chi connectivity index (χ0v) is 13.2. The second kappa shape index (κ2) is 9.04. The van der Waals surface area contributed by atoms with Gasteiger partial charge in [0.25, 0.3) is 0 Å². The third kappa shape index (κ3) is 6.13. The molecule has 0 aliphatic heterocycles. The number of aryl methyl sites for hydroxylation is 2. The molecule has 122 valence electrons. The highest BCUT2D eigenvalue weighted by molar-refractivity contribution is 5.83. The van der Waals surface area contributed by atoms with Gasteiger partial charge < -0.3 is 19.9 Å². The molecular weight excluding hydrogens is 286 g/mol. The van der Waals surface area contributed by atoms with Crippen LogP contribution in [0.3, 0.4) is 0 Å². The van der Waals surface area contributed by atoms with Crippen LogP contribution in [0, 0.1) is 13.8 Å². The highest BCUT2D eigenvalue weighted by Crippen LogP contribution is 2.19. The Morgan fingerprint density at radius 3 is 2.64 bits per heavy atom. The van der Waals surface area contributed by atoms with Crippen LogP contribution in [0.25, 0.3) is 0 Å². The standard InChI is InChI=1S/C16H23NO5/c1-11-4-5-12(2)14(10-11)22-9-7-15(18)17-13(16(19)20)6-8-21-3/h4-5,10,13H,6-9H2,1-3H3,(H,17,18)(H,19,20). The molecule has 6 nitrogen and oxygen atoms in total. The van der Waals surface area contributed by atoms with Gasteiger partial charge in [0.05, 0.1) is 13.0 Å². The second-order valence-corrected chi connectivity index (χ2v) is 5.11. The van der Waals surface area contributed by atoms with Gasteiger partial charge in [0.15, 0.2) is 0 Å². The lowest BCUT2D eigenvalue weighted by atomic mass is 10.1. The number of hydrogen-bond donors (Lipinski definition) is 2. The van der Waals surface area contributed by atoms with E-state index >= 15 is 0 Å². The Hall–Kier alpha value is -2.08. The predicted molar refractivity (Wildman–Crippen MR) is 82.1 cm³/mol. The Balaban J connectivity index is 2.41. The summed E-state index contributed by atoms with van der Waals surface area (Å²) in [4.78, 5) is 22.8. The number of carbonyl (C=O) groups is 2. The van der Waals surface area contributed by atoms with Gasteiger partial charge in [-0.15, -0.1) is 0 Å². The fourth-order valence-electron chi connectivity index (χ4n) is 1.88. The molecule has 1 aromatic carbocycles. The number of carboxylic acid groups (broad SMARTS) is 1. The topological polar surface area (TPSA) is 84.9 Å². The van der Waals surface area contributed by atoms with E-state index in [0.717, 1.165) is 16.9 Å². The molecule has 0 spiro atoms. The maximum absolute atomic E-state index is 11.8. The molecular formula is C16H23NO5. The summed E-state index contributed by atoms with van der Waals surface area (Å²) in [5, 5.41) is 11.5. The number of carboxylic acids is 1. The van der Waals surface area contributed by atoms with Crippen LogP contribution in [0.5, 0.6) is 5.75 Å². The van der Waals surface area contributed by atoms with Gasteiger partial charge in [-0.2, -0.15) is 0 Å². The average Bonchev–Trinajstić information content (AvgIpc) is 2.46. The lowest BCUT2D eigenvalue weighted by Gasteiger charge is -2.14. The summed E-state index contributed by atoms with van der Waals surface area (Å²) in [5.74, 6) is -0.684. The summed E-state index contributed by atoms with van der Waals surface area (Å²) in [7, 11) is 1.48. The normalized spacial score (nSPS) is 11.8. The van der Waals surface area contributed by atoms with Crippen LogP contribution in [0.2, 0.25) is 0 Å². The molecule has 0 saturated carbocycles. The van der Waals surface area contributed by atoms with E-state index in [1.165, 1.54) is 7.11 Å². The number of hydrogen-bond acceptors (Lipinski definition) is 4. The minimum absolute atomic E-state index is 0.101. The highest BCUT2D eigenvalue weighted by Gasteiger charge is 2.19. The second-order valence-electron chi connectivity index (χ2n) is 5.11. The number of methoxy groups -OCH3 is 1. The van der Waals surface area contributed by atoms with Crippen LogP contribution >= 0.6 is 0 Å². The van der Waals surface area contributed by atoms with Gasteiger partial charge in [0.2, 0.25) is 5.91 Å². The van der Waals surface area contributed by atoms with E-state index in [1.54, 1.807) is 0 Å². The first-order valence-electron chi connectivity index (χ1n) is 7.15. The van der Waals surface area contributed by atoms with Crippen molar-refractivity contribution in [1.29, 1.82) is 0 Å². The molecule has 0 fully saturated rings. The summed E-state index contributed by atoms with van der Waals surface area (Å²) in [6.45, 7) is 4.37. The number of ether oxygens (including phenoxy) is 2. The summed E-state index contributed by atoms with van der Waals surface area (Å²) < 4.78 is 10.4. The van der Waals surface area contributed by atoms with Crippen LogP contribution in [-0.4, -0.2) is 43.3 Å². The van der Waals surface area contributed by atoms with E-state index in [9.17, 15) is 9.59 Å². The first-order valence-corrected chi connectivity index (χ1v) is 7.15. The number of nitrogens with one attached hydrogen (secondary N) is 1. The zero-order chi connectivity index (χ0) is 16.5. The molecule has 0 bridgehead atoms. The monoisotopic (exact) mass is 309 g/mol. The van der Waals surface area contributed by atoms with Crippen molar-refractivity contribution in [2.24, 2.45) is 0 Å². The number of carbonyl (C=O) groups excluding carboxylic acids is 1. The van der Waals surface area contributed by atoms with Crippen molar-refractivity contribution >= 4 is 11.9 Å². The van der Waals surface area contributed by atoms with Crippen LogP contribution < -0.4 is 10.1 Å². The molecule has 1 atom stereocenters. The minimum atomic E-state index is -1.07. The number of rotatable bonds is 9. The molecule has 0 aromatic heterocycles. The van der Waals surface area contributed by atoms with Crippen LogP contribution in [0.1, 0.15) is 24.0 Å². The highest BCUT2D eigenvalue weighted by atomic mass is 16.5. The van der Waals surface area contributed by atoms with Gasteiger partial charge in [-0.1, -0.05) is 12.1 Å². The van der Waals surface area contributed by atoms with Crippen LogP contribution in [-0.2, 0) is 14.3 Å². The lowest BCUT2D eigenvalue weighted by molar-refractivity contribution is -0.142. The molecule has 22 heavy (non-hydrogen) atoms. The SMILES string of the molecule is COCCC(NC(=O)CCOc1cc(C)ccc1C)C(=O)O. The van der Waals surface area contributed by atoms with E-state index < -0.39 is 12.0 Å². The molecule has 2 N–H and O–H groups in total. The fourth-order valence-corrected chi connectivity index (χ4v) is 1.88. The predicted octanol–water partition coefficient (Wildman–Crippen LogP) is 1.68. The van der Waals surface area contributed by atoms with Gasteiger partial charge in [-0.3, -0.25) is 4.79 Å². The first kappa shape index (κ1) is 18.0. The van der Waals surface area contributed by atoms with E-state index in [1.807, 2.05) is 32.0 Å². The Morgan fingerprint density at radius 1 is 1.27 bits per heavy atom. The summed E-state index contributed by atoms with van der Waals surface area (Å²) in [5.41, 5.74) is 2.07. The van der Waals surface area contributed by atoms with E-state index in [-0.39, 0.29) is 32.0 Å². The molecule has 6 heteroatoms. The van der Waals surface area contributed by atoms with Gasteiger partial charge in [-0.25, -0.2) is 4.79 Å². The van der Waals surface area contributed by atoms with Crippen molar-refractivity contribution in [3.63, 3.8) is 0 Å². The lowest BCUT2D eigenvalue weighted by Crippen LogP contribution is -2.41. The third-order valence-electron chi connectivity index (χ3n) is 3.17. The summed E-state index contributed by atoms with van der Waals surface area (Å²) in [6.07, 6.45) is 0.333. The van der Waals surface area contributed by atoms with Crippen LogP contribution in [0.15, 0.2) is 18.2 Å². The van der Waals surface area contributed by atoms with Crippen molar-refractivity contribution < 1.29 is 24.2 Å². The van der Waals surface area contributed by atoms with Crippen molar-refractivity contribution in [3.8, 4) is 5.75 Å². The Bertz CT molecular complexity index is 515. The molecule has 0 aliphatic carbocycles. The minimum Gasteiger partial charge on any atom is -0.493 e. The fraction of sp³-hybridized carbons (Fsp3) is 0.500.